The summed E-state index contributed by atoms with van der Waals surface area (Å²) in [6.07, 6.45) is 1.65. The van der Waals surface area contributed by atoms with Crippen LogP contribution in [0.25, 0.3) is 10.9 Å². The molecular formula is C15H21N3O4S. The Kier molecular flexibility index (Phi) is 5.06. The summed E-state index contributed by atoms with van der Waals surface area (Å²) in [4.78, 5) is 27.5. The summed E-state index contributed by atoms with van der Waals surface area (Å²) in [7, 11) is -3.72. The zero-order valence-electron chi connectivity index (χ0n) is 13.3. The normalized spacial score (nSPS) is 13.6. The Morgan fingerprint density at radius 1 is 1.09 bits per heavy atom. The van der Waals surface area contributed by atoms with Crippen molar-refractivity contribution < 1.29 is 8.42 Å². The molecule has 0 bridgehead atoms. The fourth-order valence-corrected chi connectivity index (χ4v) is 3.59. The lowest BCUT2D eigenvalue weighted by atomic mass is 10.1. The minimum Gasteiger partial charge on any atom is -0.307 e. The summed E-state index contributed by atoms with van der Waals surface area (Å²) in [6.45, 7) is 5.97. The molecule has 1 aromatic carbocycles. The minimum absolute atomic E-state index is 0.000976. The van der Waals surface area contributed by atoms with Gasteiger partial charge in [-0.1, -0.05) is 13.8 Å². The van der Waals surface area contributed by atoms with Crippen LogP contribution in [0.15, 0.2) is 32.7 Å². The number of aromatic nitrogens is 2. The average Bonchev–Trinajstić information content (AvgIpc) is 2.44. The molecule has 2 aromatic rings. The highest BCUT2D eigenvalue weighted by molar-refractivity contribution is 7.89. The lowest BCUT2D eigenvalue weighted by Crippen LogP contribution is -2.33. The third-order valence-electron chi connectivity index (χ3n) is 3.55. The SMILES string of the molecule is CC(C)CCC(C)NS(=O)(=O)c1ccc2[nH]c(=O)[nH]c(=O)c2c1. The van der Waals surface area contributed by atoms with Crippen LogP contribution in [0.1, 0.15) is 33.6 Å². The first-order valence-electron chi connectivity index (χ1n) is 7.48. The van der Waals surface area contributed by atoms with Crippen LogP contribution >= 0.6 is 0 Å². The lowest BCUT2D eigenvalue weighted by molar-refractivity contribution is 0.485. The van der Waals surface area contributed by atoms with Gasteiger partial charge in [0.25, 0.3) is 5.56 Å². The molecule has 7 nitrogen and oxygen atoms in total. The highest BCUT2D eigenvalue weighted by atomic mass is 32.2. The van der Waals surface area contributed by atoms with E-state index >= 15 is 0 Å². The van der Waals surface area contributed by atoms with Gasteiger partial charge in [-0.3, -0.25) is 9.78 Å². The summed E-state index contributed by atoms with van der Waals surface area (Å²) in [5, 5.41) is 0.127. The zero-order valence-corrected chi connectivity index (χ0v) is 14.2. The monoisotopic (exact) mass is 339 g/mol. The molecule has 3 N–H and O–H groups in total. The smallest absolute Gasteiger partial charge is 0.307 e. The van der Waals surface area contributed by atoms with Crippen LogP contribution in [0.2, 0.25) is 0 Å². The molecule has 0 fully saturated rings. The number of H-pyrrole nitrogens is 2. The summed E-state index contributed by atoms with van der Waals surface area (Å²) in [5.74, 6) is 0.498. The minimum atomic E-state index is -3.72. The second-order valence-corrected chi connectivity index (χ2v) is 7.82. The van der Waals surface area contributed by atoms with Crippen molar-refractivity contribution in [1.29, 1.82) is 0 Å². The van der Waals surface area contributed by atoms with Gasteiger partial charge in [0, 0.05) is 6.04 Å². The molecule has 0 amide bonds. The van der Waals surface area contributed by atoms with Gasteiger partial charge >= 0.3 is 5.69 Å². The maximum Gasteiger partial charge on any atom is 0.326 e. The fraction of sp³-hybridized carbons (Fsp3) is 0.467. The van der Waals surface area contributed by atoms with Crippen molar-refractivity contribution in [3.63, 3.8) is 0 Å². The van der Waals surface area contributed by atoms with Gasteiger partial charge < -0.3 is 4.98 Å². The molecule has 0 aliphatic carbocycles. The number of hydrogen-bond donors (Lipinski definition) is 3. The third kappa shape index (κ3) is 4.29. The van der Waals surface area contributed by atoms with Gasteiger partial charge in [0.15, 0.2) is 0 Å². The van der Waals surface area contributed by atoms with Crippen molar-refractivity contribution in [1.82, 2.24) is 14.7 Å². The molecule has 126 valence electrons. The summed E-state index contributed by atoms with van der Waals surface area (Å²) in [6, 6.07) is 3.85. The topological polar surface area (TPSA) is 112 Å². The maximum atomic E-state index is 12.4. The van der Waals surface area contributed by atoms with Crippen molar-refractivity contribution in [2.75, 3.05) is 0 Å². The number of aromatic amines is 2. The molecule has 1 unspecified atom stereocenters. The number of rotatable bonds is 6. The van der Waals surface area contributed by atoms with E-state index in [2.05, 4.69) is 28.5 Å². The van der Waals surface area contributed by atoms with Gasteiger partial charge in [-0.15, -0.1) is 0 Å². The lowest BCUT2D eigenvalue weighted by Gasteiger charge is -2.15. The summed E-state index contributed by atoms with van der Waals surface area (Å²) >= 11 is 0. The average molecular weight is 339 g/mol. The Morgan fingerprint density at radius 2 is 1.78 bits per heavy atom. The van der Waals surface area contributed by atoms with E-state index in [0.29, 0.717) is 11.4 Å². The van der Waals surface area contributed by atoms with E-state index in [9.17, 15) is 18.0 Å². The largest absolute Gasteiger partial charge is 0.326 e. The molecule has 0 saturated carbocycles. The van der Waals surface area contributed by atoms with Crippen molar-refractivity contribution in [2.24, 2.45) is 5.92 Å². The zero-order chi connectivity index (χ0) is 17.2. The number of sulfonamides is 1. The number of benzene rings is 1. The number of fused-ring (bicyclic) bond motifs is 1. The van der Waals surface area contributed by atoms with Crippen LogP contribution < -0.4 is 16.0 Å². The van der Waals surface area contributed by atoms with E-state index in [-0.39, 0.29) is 16.3 Å². The second kappa shape index (κ2) is 6.67. The van der Waals surface area contributed by atoms with Gasteiger partial charge in [-0.25, -0.2) is 17.9 Å². The van der Waals surface area contributed by atoms with Gasteiger partial charge in [0.1, 0.15) is 0 Å². The number of nitrogens with one attached hydrogen (secondary N) is 3. The molecule has 2 rings (SSSR count). The van der Waals surface area contributed by atoms with Gasteiger partial charge in [0.2, 0.25) is 10.0 Å². The Hall–Kier alpha value is -1.93. The van der Waals surface area contributed by atoms with E-state index in [4.69, 9.17) is 0 Å². The second-order valence-electron chi connectivity index (χ2n) is 6.11. The van der Waals surface area contributed by atoms with E-state index in [1.165, 1.54) is 18.2 Å². The Morgan fingerprint density at radius 3 is 2.43 bits per heavy atom. The van der Waals surface area contributed by atoms with Crippen molar-refractivity contribution in [3.05, 3.63) is 39.0 Å². The predicted molar refractivity (Wildman–Crippen MR) is 89.0 cm³/mol. The van der Waals surface area contributed by atoms with E-state index in [1.807, 2.05) is 6.92 Å². The molecular weight excluding hydrogens is 318 g/mol. The Labute approximate surface area is 134 Å². The first-order chi connectivity index (χ1) is 10.7. The van der Waals surface area contributed by atoms with Crippen LogP contribution in [0.5, 0.6) is 0 Å². The van der Waals surface area contributed by atoms with Crippen LogP contribution in [-0.2, 0) is 10.0 Å². The van der Waals surface area contributed by atoms with Crippen molar-refractivity contribution in [2.45, 2.75) is 44.6 Å². The Bertz CT molecular complexity index is 912. The van der Waals surface area contributed by atoms with E-state index in [1.54, 1.807) is 0 Å². The van der Waals surface area contributed by atoms with Crippen LogP contribution in [0, 0.1) is 5.92 Å². The van der Waals surface area contributed by atoms with Crippen LogP contribution in [-0.4, -0.2) is 24.4 Å². The highest BCUT2D eigenvalue weighted by Crippen LogP contribution is 2.15. The molecule has 0 saturated heterocycles. The molecule has 1 atom stereocenters. The molecule has 0 aliphatic rings. The standard InChI is InChI=1S/C15H21N3O4S/c1-9(2)4-5-10(3)18-23(21,22)11-6-7-13-12(8-11)14(19)17-15(20)16-13/h6-10,18H,4-5H2,1-3H3,(H2,16,17,19,20). The van der Waals surface area contributed by atoms with E-state index in [0.717, 1.165) is 12.8 Å². The molecule has 0 aliphatic heterocycles. The third-order valence-corrected chi connectivity index (χ3v) is 5.14. The molecule has 0 radical (unpaired) electrons. The Balaban J connectivity index is 2.31. The van der Waals surface area contributed by atoms with Crippen molar-refractivity contribution in [3.8, 4) is 0 Å². The highest BCUT2D eigenvalue weighted by Gasteiger charge is 2.18. The van der Waals surface area contributed by atoms with Crippen LogP contribution in [0.3, 0.4) is 0 Å². The fourth-order valence-electron chi connectivity index (χ4n) is 2.29. The number of hydrogen-bond acceptors (Lipinski definition) is 4. The van der Waals surface area contributed by atoms with Crippen LogP contribution in [0.4, 0.5) is 0 Å². The summed E-state index contributed by atoms with van der Waals surface area (Å²) in [5.41, 5.74) is -0.947. The quantitative estimate of drug-likeness (QED) is 0.737. The van der Waals surface area contributed by atoms with E-state index < -0.39 is 21.3 Å². The first-order valence-corrected chi connectivity index (χ1v) is 8.96. The predicted octanol–water partition coefficient (Wildman–Crippen LogP) is 1.32. The molecule has 1 heterocycles. The molecule has 8 heteroatoms. The van der Waals surface area contributed by atoms with Gasteiger partial charge in [-0.2, -0.15) is 0 Å². The maximum absolute atomic E-state index is 12.4. The molecule has 1 aromatic heterocycles. The first kappa shape index (κ1) is 17.4. The van der Waals surface area contributed by atoms with Crippen molar-refractivity contribution >= 4 is 20.9 Å². The summed E-state index contributed by atoms with van der Waals surface area (Å²) < 4.78 is 27.4. The van der Waals surface area contributed by atoms with Gasteiger partial charge in [0.05, 0.1) is 15.8 Å². The van der Waals surface area contributed by atoms with Gasteiger partial charge in [-0.05, 0) is 43.9 Å². The molecule has 23 heavy (non-hydrogen) atoms. The molecule has 0 spiro atoms.